The van der Waals surface area contributed by atoms with Crippen molar-refractivity contribution >= 4 is 28.7 Å². The number of hydrogen-bond donors (Lipinski definition) is 4. The molecule has 4 rings (SSSR count). The van der Waals surface area contributed by atoms with Gasteiger partial charge in [0.25, 0.3) is 0 Å². The van der Waals surface area contributed by atoms with Gasteiger partial charge in [-0.3, -0.25) is 0 Å². The van der Waals surface area contributed by atoms with Gasteiger partial charge in [0.2, 0.25) is 0 Å². The molecule has 1 aliphatic heterocycles. The summed E-state index contributed by atoms with van der Waals surface area (Å²) in [4.78, 5) is 5.89. The third kappa shape index (κ3) is 3.86. The van der Waals surface area contributed by atoms with Crippen molar-refractivity contribution in [2.24, 2.45) is 11.7 Å². The highest BCUT2D eigenvalue weighted by Crippen LogP contribution is 2.43. The van der Waals surface area contributed by atoms with Crippen molar-refractivity contribution in [2.75, 3.05) is 0 Å². The molecule has 1 saturated heterocycles. The summed E-state index contributed by atoms with van der Waals surface area (Å²) < 4.78 is 12.2. The molecule has 2 heterocycles. The fraction of sp³-hybridized carbons (Fsp3) is 0.619. The molecule has 0 spiro atoms. The minimum atomic E-state index is -0.692. The number of hydrogen-bond acceptors (Lipinski definition) is 8. The van der Waals surface area contributed by atoms with Gasteiger partial charge in [-0.15, -0.1) is 11.3 Å². The summed E-state index contributed by atoms with van der Waals surface area (Å²) >= 11 is 1.57. The molecule has 1 saturated carbocycles. The molecule has 29 heavy (non-hydrogen) atoms. The summed E-state index contributed by atoms with van der Waals surface area (Å²) in [5.41, 5.74) is 8.55. The Balaban J connectivity index is 1.62. The van der Waals surface area contributed by atoms with E-state index in [0.29, 0.717) is 23.5 Å². The molecule has 1 unspecified atom stereocenters. The van der Waals surface area contributed by atoms with Gasteiger partial charge < -0.3 is 31.0 Å². The molecule has 2 aliphatic carbocycles. The van der Waals surface area contributed by atoms with Gasteiger partial charge in [-0.05, 0) is 53.0 Å². The van der Waals surface area contributed by atoms with E-state index in [1.54, 1.807) is 25.2 Å². The van der Waals surface area contributed by atoms with Crippen LogP contribution in [-0.4, -0.2) is 45.9 Å². The molecule has 2 fully saturated rings. The first-order valence-electron chi connectivity index (χ1n) is 10.2. The predicted molar refractivity (Wildman–Crippen MR) is 115 cm³/mol. The molecule has 5 N–H and O–H groups in total. The standard InChI is InChI=1S/C21H30N4O3S/c1-10(22)16(20-25-13-7-5-6-8-15(13)29-20)19(23)24-14-9-12(11(2)26)17-18(14)28-21(3,4)27-17/h6,8,11-12,14,17-18,22,24,26H,5,7,9,23H2,1-4H3/b19-16-,22-10?/t11?,12-,14-,17-,18+/m1/s1. The second-order valence-corrected chi connectivity index (χ2v) is 9.67. The zero-order valence-electron chi connectivity index (χ0n) is 17.4. The lowest BCUT2D eigenvalue weighted by Gasteiger charge is -2.25. The Hall–Kier alpha value is -1.74. The van der Waals surface area contributed by atoms with Crippen LogP contribution in [0.25, 0.3) is 11.6 Å². The number of thiazole rings is 1. The van der Waals surface area contributed by atoms with E-state index in [9.17, 15) is 5.11 Å². The summed E-state index contributed by atoms with van der Waals surface area (Å²) in [6.07, 6.45) is 5.96. The highest BCUT2D eigenvalue weighted by molar-refractivity contribution is 7.14. The Labute approximate surface area is 175 Å². The minimum absolute atomic E-state index is 0.0334. The Bertz CT molecular complexity index is 873. The van der Waals surface area contributed by atoms with Crippen LogP contribution in [0.3, 0.4) is 0 Å². The highest BCUT2D eigenvalue weighted by Gasteiger charge is 2.55. The fourth-order valence-corrected chi connectivity index (χ4v) is 5.73. The van der Waals surface area contributed by atoms with E-state index in [-0.39, 0.29) is 24.2 Å². The molecule has 3 aliphatic rings. The average molecular weight is 419 g/mol. The quantitative estimate of drug-likeness (QED) is 0.547. The summed E-state index contributed by atoms with van der Waals surface area (Å²) in [5, 5.41) is 22.7. The maximum atomic E-state index is 10.2. The van der Waals surface area contributed by atoms with Gasteiger partial charge in [0.05, 0.1) is 34.4 Å². The largest absolute Gasteiger partial charge is 0.393 e. The summed E-state index contributed by atoms with van der Waals surface area (Å²) in [6, 6.07) is -0.106. The van der Waals surface area contributed by atoms with Crippen molar-refractivity contribution in [2.45, 2.75) is 77.1 Å². The molecule has 5 atom stereocenters. The number of rotatable bonds is 5. The van der Waals surface area contributed by atoms with Crippen LogP contribution in [-0.2, 0) is 15.9 Å². The molecule has 158 valence electrons. The third-order valence-electron chi connectivity index (χ3n) is 5.87. The predicted octanol–water partition coefficient (Wildman–Crippen LogP) is 2.65. The topological polar surface area (TPSA) is 113 Å². The van der Waals surface area contributed by atoms with E-state index in [1.807, 2.05) is 13.8 Å². The lowest BCUT2D eigenvalue weighted by molar-refractivity contribution is -0.162. The van der Waals surface area contributed by atoms with Crippen LogP contribution in [0.5, 0.6) is 0 Å². The van der Waals surface area contributed by atoms with E-state index >= 15 is 0 Å². The van der Waals surface area contributed by atoms with Crippen molar-refractivity contribution in [3.63, 3.8) is 0 Å². The number of fused-ring (bicyclic) bond motifs is 2. The number of allylic oxidation sites excluding steroid dienone is 2. The first kappa shape index (κ1) is 20.5. The molecule has 7 nitrogen and oxygen atoms in total. The molecule has 0 aromatic carbocycles. The van der Waals surface area contributed by atoms with E-state index in [2.05, 4.69) is 17.5 Å². The summed E-state index contributed by atoms with van der Waals surface area (Å²) in [5.74, 6) is -0.299. The van der Waals surface area contributed by atoms with E-state index in [0.717, 1.165) is 28.4 Å². The van der Waals surface area contributed by atoms with Crippen LogP contribution in [0.4, 0.5) is 0 Å². The zero-order valence-corrected chi connectivity index (χ0v) is 18.2. The first-order valence-corrected chi connectivity index (χ1v) is 11.0. The van der Waals surface area contributed by atoms with Crippen molar-refractivity contribution in [3.8, 4) is 0 Å². The lowest BCUT2D eigenvalue weighted by atomic mass is 9.99. The number of aliphatic hydroxyl groups excluding tert-OH is 1. The number of nitrogens with zero attached hydrogens (tertiary/aromatic N) is 1. The molecular weight excluding hydrogens is 388 g/mol. The zero-order chi connectivity index (χ0) is 20.9. The number of nitrogens with one attached hydrogen (secondary N) is 2. The Morgan fingerprint density at radius 1 is 1.41 bits per heavy atom. The van der Waals surface area contributed by atoms with Crippen LogP contribution in [0.15, 0.2) is 11.9 Å². The smallest absolute Gasteiger partial charge is 0.163 e. The Morgan fingerprint density at radius 3 is 2.79 bits per heavy atom. The molecule has 1 aromatic rings. The van der Waals surface area contributed by atoms with Crippen LogP contribution in [0, 0.1) is 11.3 Å². The van der Waals surface area contributed by atoms with Crippen molar-refractivity contribution < 1.29 is 14.6 Å². The molecule has 1 aromatic heterocycles. The SMILES string of the molecule is CC(=N)/C(=C(\N)N[C@@H]1C[C@H](C(C)O)[C@H]2OC(C)(C)O[C@H]21)c1nc2c(s1)C=CCC2. The summed E-state index contributed by atoms with van der Waals surface area (Å²) in [6.45, 7) is 7.30. The maximum Gasteiger partial charge on any atom is 0.163 e. The van der Waals surface area contributed by atoms with Crippen LogP contribution >= 0.6 is 11.3 Å². The van der Waals surface area contributed by atoms with Crippen molar-refractivity contribution in [3.05, 3.63) is 27.5 Å². The van der Waals surface area contributed by atoms with E-state index in [4.69, 9.17) is 25.6 Å². The highest BCUT2D eigenvalue weighted by atomic mass is 32.1. The number of aliphatic hydroxyl groups is 1. The molecule has 0 radical (unpaired) electrons. The fourth-order valence-electron chi connectivity index (χ4n) is 4.57. The van der Waals surface area contributed by atoms with Gasteiger partial charge in [0.15, 0.2) is 5.79 Å². The Morgan fingerprint density at radius 2 is 2.14 bits per heavy atom. The van der Waals surface area contributed by atoms with Gasteiger partial charge in [-0.25, -0.2) is 4.98 Å². The van der Waals surface area contributed by atoms with Crippen LogP contribution in [0.2, 0.25) is 0 Å². The maximum absolute atomic E-state index is 10.2. The minimum Gasteiger partial charge on any atom is -0.393 e. The molecule has 0 bridgehead atoms. The van der Waals surface area contributed by atoms with Gasteiger partial charge >= 0.3 is 0 Å². The number of aromatic nitrogens is 1. The third-order valence-corrected chi connectivity index (χ3v) is 6.95. The molecule has 8 heteroatoms. The van der Waals surface area contributed by atoms with Gasteiger partial charge in [0.1, 0.15) is 16.9 Å². The summed E-state index contributed by atoms with van der Waals surface area (Å²) in [7, 11) is 0. The van der Waals surface area contributed by atoms with Crippen molar-refractivity contribution in [1.29, 1.82) is 5.41 Å². The number of ether oxygens (including phenoxy) is 2. The van der Waals surface area contributed by atoms with Crippen molar-refractivity contribution in [1.82, 2.24) is 10.3 Å². The number of aryl methyl sites for hydroxylation is 1. The molecule has 0 amide bonds. The van der Waals surface area contributed by atoms with Crippen LogP contribution in [0.1, 0.15) is 56.1 Å². The van der Waals surface area contributed by atoms with Gasteiger partial charge in [0, 0.05) is 11.6 Å². The monoisotopic (exact) mass is 418 g/mol. The van der Waals surface area contributed by atoms with E-state index in [1.165, 1.54) is 0 Å². The van der Waals surface area contributed by atoms with Crippen LogP contribution < -0.4 is 11.1 Å². The second-order valence-electron chi connectivity index (χ2n) is 8.64. The average Bonchev–Trinajstić information content (AvgIpc) is 3.26. The Kier molecular flexibility index (Phi) is 5.31. The second kappa shape index (κ2) is 7.50. The normalized spacial score (nSPS) is 31.8. The van der Waals surface area contributed by atoms with Gasteiger partial charge in [-0.1, -0.05) is 6.08 Å². The van der Waals surface area contributed by atoms with E-state index < -0.39 is 11.9 Å². The molecular formula is C21H30N4O3S. The van der Waals surface area contributed by atoms with Gasteiger partial charge in [-0.2, -0.15) is 0 Å². The number of nitrogens with two attached hydrogens (primary N) is 1. The first-order chi connectivity index (χ1) is 13.7. The lowest BCUT2D eigenvalue weighted by Crippen LogP contribution is -2.41.